The van der Waals surface area contributed by atoms with Gasteiger partial charge in [0.05, 0.1) is 36.0 Å². The van der Waals surface area contributed by atoms with Crippen LogP contribution in [0.3, 0.4) is 0 Å². The summed E-state index contributed by atoms with van der Waals surface area (Å²) >= 11 is 15.6. The maximum atomic E-state index is 15.4. The van der Waals surface area contributed by atoms with E-state index in [1.807, 2.05) is 30.3 Å². The Balaban J connectivity index is 1.71. The molecule has 0 saturated heterocycles. The number of hydrogen-bond donors (Lipinski definition) is 0. The van der Waals surface area contributed by atoms with Gasteiger partial charge in [-0.05, 0) is 43.7 Å². The smallest absolute Gasteiger partial charge is 0.404 e. The summed E-state index contributed by atoms with van der Waals surface area (Å²) in [5.41, 5.74) is -2.32. The van der Waals surface area contributed by atoms with Crippen LogP contribution in [0.5, 0.6) is 0 Å². The highest BCUT2D eigenvalue weighted by Gasteiger charge is 2.55. The fourth-order valence-electron chi connectivity index (χ4n) is 3.82. The summed E-state index contributed by atoms with van der Waals surface area (Å²) in [7, 11) is -4.77. The molecule has 3 aromatic carbocycles. The van der Waals surface area contributed by atoms with Crippen molar-refractivity contribution in [3.05, 3.63) is 98.6 Å². The van der Waals surface area contributed by atoms with Crippen molar-refractivity contribution in [3.63, 3.8) is 0 Å². The SMILES string of the molecule is CCOP(=O)(OCC)C(F)(F)c1ccc(CN(c2ccc(Cl)c(Cl)c2)c2ncc(-c3ccccc3)o2)cc1Br. The first-order chi connectivity index (χ1) is 18.6. The zero-order valence-electron chi connectivity index (χ0n) is 20.9. The van der Waals surface area contributed by atoms with Crippen molar-refractivity contribution in [2.24, 2.45) is 0 Å². The summed E-state index contributed by atoms with van der Waals surface area (Å²) < 4.78 is 59.7. The van der Waals surface area contributed by atoms with Crippen LogP contribution in [0.1, 0.15) is 25.0 Å². The molecule has 0 amide bonds. The fraction of sp³-hybridized carbons (Fsp3) is 0.222. The minimum atomic E-state index is -4.77. The average molecular weight is 660 g/mol. The van der Waals surface area contributed by atoms with E-state index in [0.717, 1.165) is 5.56 Å². The molecule has 4 aromatic rings. The van der Waals surface area contributed by atoms with Gasteiger partial charge < -0.3 is 13.5 Å². The highest BCUT2D eigenvalue weighted by molar-refractivity contribution is 9.10. The molecule has 0 saturated carbocycles. The van der Waals surface area contributed by atoms with Gasteiger partial charge >= 0.3 is 19.3 Å². The predicted molar refractivity (Wildman–Crippen MR) is 153 cm³/mol. The van der Waals surface area contributed by atoms with Crippen LogP contribution in [-0.2, 0) is 25.8 Å². The number of hydrogen-bond acceptors (Lipinski definition) is 6. The number of benzene rings is 3. The van der Waals surface area contributed by atoms with E-state index in [1.54, 1.807) is 29.3 Å². The van der Waals surface area contributed by atoms with E-state index < -0.39 is 18.8 Å². The van der Waals surface area contributed by atoms with Crippen LogP contribution < -0.4 is 4.90 Å². The molecule has 0 aliphatic rings. The molecule has 1 aromatic heterocycles. The molecule has 0 atom stereocenters. The van der Waals surface area contributed by atoms with E-state index in [2.05, 4.69) is 20.9 Å². The second-order valence-electron chi connectivity index (χ2n) is 8.25. The summed E-state index contributed by atoms with van der Waals surface area (Å²) in [5, 5.41) is 0.702. The number of alkyl halides is 2. The van der Waals surface area contributed by atoms with E-state index in [9.17, 15) is 4.57 Å². The molecule has 0 radical (unpaired) electrons. The first-order valence-corrected chi connectivity index (χ1v) is 15.0. The molecule has 0 N–H and O–H groups in total. The lowest BCUT2D eigenvalue weighted by Crippen LogP contribution is -2.20. The molecule has 6 nitrogen and oxygen atoms in total. The molecular weight excluding hydrogens is 636 g/mol. The molecule has 1 heterocycles. The fourth-order valence-corrected chi connectivity index (χ4v) is 6.51. The van der Waals surface area contributed by atoms with Crippen molar-refractivity contribution in [1.29, 1.82) is 0 Å². The Kier molecular flexibility index (Phi) is 9.53. The Bertz CT molecular complexity index is 1480. The zero-order chi connectivity index (χ0) is 28.2. The number of rotatable bonds is 11. The maximum absolute atomic E-state index is 15.4. The van der Waals surface area contributed by atoms with Gasteiger partial charge in [-0.2, -0.15) is 8.78 Å². The monoisotopic (exact) mass is 658 g/mol. The van der Waals surface area contributed by atoms with Crippen LogP contribution in [0.2, 0.25) is 10.0 Å². The van der Waals surface area contributed by atoms with Crippen molar-refractivity contribution in [2.45, 2.75) is 26.1 Å². The van der Waals surface area contributed by atoms with Gasteiger partial charge in [0.1, 0.15) is 0 Å². The van der Waals surface area contributed by atoms with Crippen molar-refractivity contribution >= 4 is 58.4 Å². The van der Waals surface area contributed by atoms with Gasteiger partial charge in [0.15, 0.2) is 5.76 Å². The van der Waals surface area contributed by atoms with Crippen molar-refractivity contribution in [2.75, 3.05) is 18.1 Å². The number of oxazole rings is 1. The lowest BCUT2D eigenvalue weighted by Gasteiger charge is -2.27. The van der Waals surface area contributed by atoms with Crippen LogP contribution in [-0.4, -0.2) is 18.2 Å². The Morgan fingerprint density at radius 3 is 2.31 bits per heavy atom. The Morgan fingerprint density at radius 2 is 1.69 bits per heavy atom. The number of nitrogens with zero attached hydrogens (tertiary/aromatic N) is 2. The molecule has 0 spiro atoms. The standard InChI is InChI=1S/C27H24BrCl2F2N2O4P/c1-3-36-39(35,37-4-2)27(31,32)21-12-10-18(14-22(21)28)17-34(20-11-13-23(29)24(30)15-20)26-33-16-25(38-26)19-8-6-5-7-9-19/h5-16H,3-4,17H2,1-2H3. The second kappa shape index (κ2) is 12.5. The lowest BCUT2D eigenvalue weighted by molar-refractivity contribution is 0.0354. The van der Waals surface area contributed by atoms with Crippen molar-refractivity contribution < 1.29 is 26.8 Å². The first kappa shape index (κ1) is 29.7. The third-order valence-electron chi connectivity index (χ3n) is 5.64. The molecule has 0 unspecified atom stereocenters. The molecule has 4 rings (SSSR count). The van der Waals surface area contributed by atoms with Crippen LogP contribution in [0, 0.1) is 0 Å². The van der Waals surface area contributed by atoms with Crippen molar-refractivity contribution in [1.82, 2.24) is 4.98 Å². The Labute approximate surface area is 243 Å². The molecule has 206 valence electrons. The van der Waals surface area contributed by atoms with Gasteiger partial charge in [0, 0.05) is 21.3 Å². The van der Waals surface area contributed by atoms with Gasteiger partial charge in [-0.25, -0.2) is 4.98 Å². The van der Waals surface area contributed by atoms with Crippen LogP contribution in [0.15, 0.2) is 81.8 Å². The Morgan fingerprint density at radius 1 is 1.00 bits per heavy atom. The molecule has 0 aliphatic carbocycles. The second-order valence-corrected chi connectivity index (χ2v) is 12.0. The third kappa shape index (κ3) is 6.40. The van der Waals surface area contributed by atoms with Gasteiger partial charge in [-0.15, -0.1) is 0 Å². The first-order valence-electron chi connectivity index (χ1n) is 11.9. The number of anilines is 2. The molecule has 12 heteroatoms. The summed E-state index contributed by atoms with van der Waals surface area (Å²) in [6, 6.07) is 19.0. The predicted octanol–water partition coefficient (Wildman–Crippen LogP) is 10.1. The minimum absolute atomic E-state index is 0.0381. The average Bonchev–Trinajstić information content (AvgIpc) is 3.40. The number of aromatic nitrogens is 1. The topological polar surface area (TPSA) is 64.8 Å². The van der Waals surface area contributed by atoms with Gasteiger partial charge in [-0.3, -0.25) is 9.46 Å². The van der Waals surface area contributed by atoms with Crippen molar-refractivity contribution in [3.8, 4) is 11.3 Å². The summed E-state index contributed by atoms with van der Waals surface area (Å²) in [5.74, 6) is 0.550. The number of halogens is 5. The zero-order valence-corrected chi connectivity index (χ0v) is 24.9. The highest BCUT2D eigenvalue weighted by Crippen LogP contribution is 2.67. The van der Waals surface area contributed by atoms with Gasteiger partial charge in [0.2, 0.25) is 0 Å². The van der Waals surface area contributed by atoms with E-state index >= 15 is 8.78 Å². The van der Waals surface area contributed by atoms with E-state index in [0.29, 0.717) is 27.1 Å². The molecule has 39 heavy (non-hydrogen) atoms. The molecule has 0 bridgehead atoms. The van der Waals surface area contributed by atoms with Gasteiger partial charge in [0.25, 0.3) is 0 Å². The Hall–Kier alpha value is -2.26. The quantitative estimate of drug-likeness (QED) is 0.149. The lowest BCUT2D eigenvalue weighted by atomic mass is 10.1. The highest BCUT2D eigenvalue weighted by atomic mass is 79.9. The van der Waals surface area contributed by atoms with Gasteiger partial charge in [-0.1, -0.05) is 81.6 Å². The summed E-state index contributed by atoms with van der Waals surface area (Å²) in [6.45, 7) is 2.74. The van der Waals surface area contributed by atoms with Crippen LogP contribution in [0.25, 0.3) is 11.3 Å². The normalized spacial score (nSPS) is 12.1. The molecule has 0 aliphatic heterocycles. The molecule has 0 fully saturated rings. The van der Waals surface area contributed by atoms with Crippen LogP contribution in [0.4, 0.5) is 20.5 Å². The van der Waals surface area contributed by atoms with E-state index in [4.69, 9.17) is 36.7 Å². The third-order valence-corrected chi connectivity index (χ3v) is 9.16. The summed E-state index contributed by atoms with van der Waals surface area (Å²) in [4.78, 5) is 6.19. The largest absolute Gasteiger partial charge is 0.423 e. The van der Waals surface area contributed by atoms with Crippen LogP contribution >= 0.6 is 46.7 Å². The summed E-state index contributed by atoms with van der Waals surface area (Å²) in [6.07, 6.45) is 1.60. The van der Waals surface area contributed by atoms with E-state index in [1.165, 1.54) is 32.0 Å². The maximum Gasteiger partial charge on any atom is 0.404 e. The van der Waals surface area contributed by atoms with E-state index in [-0.39, 0.29) is 30.2 Å². The molecular formula is C27H24BrCl2F2N2O4P. The minimum Gasteiger partial charge on any atom is -0.423 e.